The predicted molar refractivity (Wildman–Crippen MR) is 67.5 cm³/mol. The maximum Gasteiger partial charge on any atom is 0.322 e. The van der Waals surface area contributed by atoms with E-state index in [-0.39, 0.29) is 5.33 Å². The number of allylic oxidation sites excluding steroid dienone is 1. The van der Waals surface area contributed by atoms with Crippen molar-refractivity contribution >= 4 is 34.3 Å². The van der Waals surface area contributed by atoms with Gasteiger partial charge in [-0.25, -0.2) is 0 Å². The van der Waals surface area contributed by atoms with E-state index in [0.29, 0.717) is 17.8 Å². The van der Waals surface area contributed by atoms with E-state index in [9.17, 15) is 9.59 Å². The number of carbonyl (C=O) groups is 2. The molecule has 0 aliphatic rings. The quantitative estimate of drug-likeness (QED) is 0.275. The van der Waals surface area contributed by atoms with E-state index in [2.05, 4.69) is 15.9 Å². The number of methoxy groups -OCH3 is 1. The van der Waals surface area contributed by atoms with Gasteiger partial charge < -0.3 is 9.47 Å². The number of rotatable bonds is 5. The van der Waals surface area contributed by atoms with Crippen LogP contribution in [0.3, 0.4) is 0 Å². The normalized spacial score (nSPS) is 10.2. The molecule has 0 saturated carbocycles. The van der Waals surface area contributed by atoms with E-state index in [1.165, 1.54) is 13.2 Å². The van der Waals surface area contributed by atoms with Crippen molar-refractivity contribution in [1.82, 2.24) is 0 Å². The summed E-state index contributed by atoms with van der Waals surface area (Å²) in [6.07, 6.45) is 3.69. The summed E-state index contributed by atoms with van der Waals surface area (Å²) in [5, 5.41) is 0.114. The van der Waals surface area contributed by atoms with Crippen molar-refractivity contribution in [2.75, 3.05) is 12.4 Å². The Kier molecular flexibility index (Phi) is 5.42. The topological polar surface area (TPSA) is 52.6 Å². The summed E-state index contributed by atoms with van der Waals surface area (Å²) in [7, 11) is 1.48. The van der Waals surface area contributed by atoms with E-state index < -0.39 is 5.97 Å². The molecule has 0 fully saturated rings. The highest BCUT2D eigenvalue weighted by molar-refractivity contribution is 9.09. The molecule has 0 spiro atoms. The second-order valence-electron chi connectivity index (χ2n) is 3.01. The zero-order chi connectivity index (χ0) is 12.7. The number of hydrogen-bond acceptors (Lipinski definition) is 4. The minimum absolute atomic E-state index is 0.114. The van der Waals surface area contributed by atoms with Gasteiger partial charge in [-0.3, -0.25) is 9.59 Å². The molecule has 0 aromatic heterocycles. The Morgan fingerprint density at radius 2 is 2.18 bits per heavy atom. The molecule has 4 nitrogen and oxygen atoms in total. The maximum atomic E-state index is 11.1. The van der Waals surface area contributed by atoms with Crippen LogP contribution in [0.2, 0.25) is 0 Å². The summed E-state index contributed by atoms with van der Waals surface area (Å²) >= 11 is 3.00. The Balaban J connectivity index is 2.96. The zero-order valence-electron chi connectivity index (χ0n) is 9.18. The predicted octanol–water partition coefficient (Wildman–Crippen LogP) is 2.21. The fourth-order valence-corrected chi connectivity index (χ4v) is 1.29. The average Bonchev–Trinajstić information content (AvgIpc) is 2.37. The number of carbonyl (C=O) groups excluding carboxylic acids is 2. The van der Waals surface area contributed by atoms with Crippen LogP contribution >= 0.6 is 15.9 Å². The van der Waals surface area contributed by atoms with Gasteiger partial charge in [-0.2, -0.15) is 0 Å². The molecule has 0 atom stereocenters. The average molecular weight is 299 g/mol. The fraction of sp³-hybridized carbons (Fsp3) is 0.167. The third kappa shape index (κ3) is 4.03. The van der Waals surface area contributed by atoms with Crippen LogP contribution in [0, 0.1) is 0 Å². The van der Waals surface area contributed by atoms with Crippen molar-refractivity contribution in [3.63, 3.8) is 0 Å². The highest BCUT2D eigenvalue weighted by Gasteiger charge is 2.08. The molecule has 5 heteroatoms. The van der Waals surface area contributed by atoms with Crippen molar-refractivity contribution < 1.29 is 19.1 Å². The Morgan fingerprint density at radius 3 is 2.76 bits per heavy atom. The lowest BCUT2D eigenvalue weighted by atomic mass is 10.2. The first kappa shape index (κ1) is 13.4. The second-order valence-corrected chi connectivity index (χ2v) is 3.57. The van der Waals surface area contributed by atoms with E-state index in [1.807, 2.05) is 0 Å². The van der Waals surface area contributed by atoms with Gasteiger partial charge in [-0.15, -0.1) is 0 Å². The summed E-state index contributed by atoms with van der Waals surface area (Å²) in [6, 6.07) is 5.01. The lowest BCUT2D eigenvalue weighted by Gasteiger charge is -2.08. The van der Waals surface area contributed by atoms with Crippen molar-refractivity contribution in [3.8, 4) is 11.5 Å². The SMILES string of the molecule is COc1cc(/C=C/C=O)ccc1OC(=O)CBr. The Hall–Kier alpha value is -1.62. The number of alkyl halides is 1. The van der Waals surface area contributed by atoms with Gasteiger partial charge in [0.05, 0.1) is 7.11 Å². The molecular formula is C12H11BrO4. The fourth-order valence-electron chi connectivity index (χ4n) is 1.17. The van der Waals surface area contributed by atoms with Gasteiger partial charge in [0.15, 0.2) is 11.5 Å². The largest absolute Gasteiger partial charge is 0.493 e. The lowest BCUT2D eigenvalue weighted by molar-refractivity contribution is -0.131. The highest BCUT2D eigenvalue weighted by atomic mass is 79.9. The van der Waals surface area contributed by atoms with Gasteiger partial charge in [-0.05, 0) is 23.8 Å². The first-order chi connectivity index (χ1) is 8.21. The number of esters is 1. The van der Waals surface area contributed by atoms with Crippen molar-refractivity contribution in [1.29, 1.82) is 0 Å². The molecule has 0 radical (unpaired) electrons. The number of benzene rings is 1. The molecule has 17 heavy (non-hydrogen) atoms. The van der Waals surface area contributed by atoms with Gasteiger partial charge in [0.2, 0.25) is 0 Å². The van der Waals surface area contributed by atoms with Crippen LogP contribution in [-0.4, -0.2) is 24.7 Å². The molecule has 0 aliphatic carbocycles. The minimum Gasteiger partial charge on any atom is -0.493 e. The van der Waals surface area contributed by atoms with E-state index in [4.69, 9.17) is 9.47 Å². The van der Waals surface area contributed by atoms with Crippen LogP contribution in [0.1, 0.15) is 5.56 Å². The molecule has 0 heterocycles. The van der Waals surface area contributed by atoms with Gasteiger partial charge in [-0.1, -0.05) is 28.1 Å². The Labute approximate surface area is 107 Å². The monoisotopic (exact) mass is 298 g/mol. The first-order valence-corrected chi connectivity index (χ1v) is 5.90. The molecule has 1 aromatic rings. The Morgan fingerprint density at radius 1 is 1.41 bits per heavy atom. The van der Waals surface area contributed by atoms with Crippen LogP contribution in [0.5, 0.6) is 11.5 Å². The van der Waals surface area contributed by atoms with E-state index in [0.717, 1.165) is 5.56 Å². The summed E-state index contributed by atoms with van der Waals surface area (Å²) in [5.41, 5.74) is 0.785. The van der Waals surface area contributed by atoms with Crippen LogP contribution in [0.4, 0.5) is 0 Å². The summed E-state index contributed by atoms with van der Waals surface area (Å²) < 4.78 is 10.1. The molecule has 0 saturated heterocycles. The standard InChI is InChI=1S/C12H11BrO4/c1-16-11-7-9(3-2-6-14)4-5-10(11)17-12(15)8-13/h2-7H,8H2,1H3/b3-2+. The van der Waals surface area contributed by atoms with Gasteiger partial charge in [0.25, 0.3) is 0 Å². The van der Waals surface area contributed by atoms with E-state index >= 15 is 0 Å². The van der Waals surface area contributed by atoms with Gasteiger partial charge in [0.1, 0.15) is 11.6 Å². The number of halogens is 1. The number of ether oxygens (including phenoxy) is 2. The second kappa shape index (κ2) is 6.85. The van der Waals surface area contributed by atoms with Gasteiger partial charge in [0, 0.05) is 0 Å². The lowest BCUT2D eigenvalue weighted by Crippen LogP contribution is -2.09. The molecule has 0 unspecified atom stereocenters. The minimum atomic E-state index is -0.403. The molecule has 90 valence electrons. The molecule has 0 N–H and O–H groups in total. The summed E-state index contributed by atoms with van der Waals surface area (Å²) in [5.74, 6) is 0.382. The Bertz CT molecular complexity index is 440. The van der Waals surface area contributed by atoms with Crippen molar-refractivity contribution in [2.24, 2.45) is 0 Å². The third-order valence-electron chi connectivity index (χ3n) is 1.89. The first-order valence-electron chi connectivity index (χ1n) is 4.77. The summed E-state index contributed by atoms with van der Waals surface area (Å²) in [6.45, 7) is 0. The summed E-state index contributed by atoms with van der Waals surface area (Å²) in [4.78, 5) is 21.3. The third-order valence-corrected chi connectivity index (χ3v) is 2.35. The highest BCUT2D eigenvalue weighted by Crippen LogP contribution is 2.28. The van der Waals surface area contributed by atoms with E-state index in [1.54, 1.807) is 24.3 Å². The maximum absolute atomic E-state index is 11.1. The van der Waals surface area contributed by atoms with Crippen LogP contribution < -0.4 is 9.47 Å². The van der Waals surface area contributed by atoms with Crippen molar-refractivity contribution in [3.05, 3.63) is 29.8 Å². The van der Waals surface area contributed by atoms with Crippen molar-refractivity contribution in [2.45, 2.75) is 0 Å². The molecule has 1 aromatic carbocycles. The molecular weight excluding hydrogens is 288 g/mol. The molecule has 1 rings (SSSR count). The van der Waals surface area contributed by atoms with Crippen LogP contribution in [0.15, 0.2) is 24.3 Å². The molecule has 0 amide bonds. The van der Waals surface area contributed by atoms with Crippen LogP contribution in [0.25, 0.3) is 6.08 Å². The number of aldehydes is 1. The zero-order valence-corrected chi connectivity index (χ0v) is 10.8. The smallest absolute Gasteiger partial charge is 0.322 e. The molecule has 0 bridgehead atoms. The van der Waals surface area contributed by atoms with Gasteiger partial charge >= 0.3 is 5.97 Å². The number of hydrogen-bond donors (Lipinski definition) is 0. The van der Waals surface area contributed by atoms with Crippen LogP contribution in [-0.2, 0) is 9.59 Å². The molecule has 0 aliphatic heterocycles.